The Morgan fingerprint density at radius 1 is 1.35 bits per heavy atom. The van der Waals surface area contributed by atoms with Crippen LogP contribution in [0.5, 0.6) is 0 Å². The molecule has 0 spiro atoms. The van der Waals surface area contributed by atoms with Crippen LogP contribution in [-0.2, 0) is 11.2 Å². The summed E-state index contributed by atoms with van der Waals surface area (Å²) in [5, 5.41) is 13.6. The molecule has 0 bridgehead atoms. The summed E-state index contributed by atoms with van der Waals surface area (Å²) in [6.45, 7) is 4.79. The first-order chi connectivity index (χ1) is 8.12. The summed E-state index contributed by atoms with van der Waals surface area (Å²) in [7, 11) is 0. The Hall–Kier alpha value is -0.900. The molecule has 0 saturated carbocycles. The highest BCUT2D eigenvalue weighted by molar-refractivity contribution is 7.17. The summed E-state index contributed by atoms with van der Waals surface area (Å²) in [4.78, 5) is 0. The quantitative estimate of drug-likeness (QED) is 0.882. The van der Waals surface area contributed by atoms with E-state index in [-0.39, 0.29) is 0 Å². The first kappa shape index (κ1) is 12.6. The average molecular weight is 250 g/mol. The Kier molecular flexibility index (Phi) is 3.82. The van der Waals surface area contributed by atoms with Crippen LogP contribution in [0.4, 0.5) is 0 Å². The Morgan fingerprint density at radius 3 is 2.88 bits per heavy atom. The van der Waals surface area contributed by atoms with E-state index in [0.29, 0.717) is 19.6 Å². The largest absolute Gasteiger partial charge is 0.387 e. The van der Waals surface area contributed by atoms with Gasteiger partial charge in [-0.2, -0.15) is 0 Å². The maximum Gasteiger partial charge on any atom is 0.0892 e. The molecule has 3 heteroatoms. The van der Waals surface area contributed by atoms with Gasteiger partial charge in [0.15, 0.2) is 0 Å². The molecule has 2 aromatic rings. The van der Waals surface area contributed by atoms with Crippen molar-refractivity contribution in [1.29, 1.82) is 0 Å². The van der Waals surface area contributed by atoms with Crippen molar-refractivity contribution in [3.05, 3.63) is 35.2 Å². The molecule has 92 valence electrons. The summed E-state index contributed by atoms with van der Waals surface area (Å²) < 4.78 is 6.59. The van der Waals surface area contributed by atoms with Crippen LogP contribution in [-0.4, -0.2) is 23.9 Å². The van der Waals surface area contributed by atoms with Gasteiger partial charge in [-0.1, -0.05) is 18.2 Å². The minimum absolute atomic E-state index is 0.383. The smallest absolute Gasteiger partial charge is 0.0892 e. The van der Waals surface area contributed by atoms with Crippen molar-refractivity contribution < 1.29 is 9.84 Å². The van der Waals surface area contributed by atoms with Crippen molar-refractivity contribution >= 4 is 21.4 Å². The lowest BCUT2D eigenvalue weighted by Gasteiger charge is -2.22. The zero-order valence-corrected chi connectivity index (χ0v) is 11.1. The zero-order valence-electron chi connectivity index (χ0n) is 10.3. The standard InChI is InChI=1S/C14H18O2S/c1-3-16-10-14(2,15)8-11-9-17-13-7-5-4-6-12(11)13/h4-7,9,15H,3,8,10H2,1-2H3. The summed E-state index contributed by atoms with van der Waals surface area (Å²) in [6.07, 6.45) is 0.636. The third kappa shape index (κ3) is 3.06. The molecule has 1 aromatic carbocycles. The number of rotatable bonds is 5. The van der Waals surface area contributed by atoms with Crippen LogP contribution >= 0.6 is 11.3 Å². The maximum absolute atomic E-state index is 10.3. The number of benzene rings is 1. The molecule has 2 nitrogen and oxygen atoms in total. The Balaban J connectivity index is 2.18. The van der Waals surface area contributed by atoms with Crippen LogP contribution in [0.1, 0.15) is 19.4 Å². The molecule has 1 atom stereocenters. The van der Waals surface area contributed by atoms with E-state index in [2.05, 4.69) is 17.5 Å². The van der Waals surface area contributed by atoms with E-state index in [1.165, 1.54) is 15.6 Å². The third-order valence-electron chi connectivity index (χ3n) is 2.75. The molecule has 0 aliphatic rings. The van der Waals surface area contributed by atoms with Crippen molar-refractivity contribution in [2.75, 3.05) is 13.2 Å². The van der Waals surface area contributed by atoms with Gasteiger partial charge in [-0.3, -0.25) is 0 Å². The molecule has 1 heterocycles. The first-order valence-electron chi connectivity index (χ1n) is 5.87. The van der Waals surface area contributed by atoms with Crippen molar-refractivity contribution in [2.45, 2.75) is 25.9 Å². The molecule has 0 radical (unpaired) electrons. The van der Waals surface area contributed by atoms with Gasteiger partial charge in [-0.05, 0) is 36.2 Å². The van der Waals surface area contributed by atoms with Gasteiger partial charge in [0.2, 0.25) is 0 Å². The molecule has 1 N–H and O–H groups in total. The highest BCUT2D eigenvalue weighted by Gasteiger charge is 2.22. The molecule has 0 aliphatic carbocycles. The van der Waals surface area contributed by atoms with E-state index in [1.54, 1.807) is 11.3 Å². The van der Waals surface area contributed by atoms with Gasteiger partial charge in [-0.15, -0.1) is 11.3 Å². The molecule has 1 aromatic heterocycles. The fourth-order valence-corrected chi connectivity index (χ4v) is 2.92. The number of fused-ring (bicyclic) bond motifs is 1. The van der Waals surface area contributed by atoms with Crippen LogP contribution in [0.3, 0.4) is 0 Å². The second-order valence-electron chi connectivity index (χ2n) is 4.57. The van der Waals surface area contributed by atoms with Crippen LogP contribution in [0, 0.1) is 0 Å². The lowest BCUT2D eigenvalue weighted by atomic mass is 9.97. The van der Waals surface area contributed by atoms with Gasteiger partial charge in [0, 0.05) is 17.7 Å². The van der Waals surface area contributed by atoms with Gasteiger partial charge in [0.05, 0.1) is 12.2 Å². The lowest BCUT2D eigenvalue weighted by Crippen LogP contribution is -2.33. The van der Waals surface area contributed by atoms with E-state index < -0.39 is 5.60 Å². The minimum Gasteiger partial charge on any atom is -0.387 e. The van der Waals surface area contributed by atoms with Crippen molar-refractivity contribution in [1.82, 2.24) is 0 Å². The SMILES string of the molecule is CCOCC(C)(O)Cc1csc2ccccc12. The first-order valence-corrected chi connectivity index (χ1v) is 6.75. The van der Waals surface area contributed by atoms with E-state index >= 15 is 0 Å². The predicted octanol–water partition coefficient (Wildman–Crippen LogP) is 3.23. The average Bonchev–Trinajstić information content (AvgIpc) is 2.70. The second kappa shape index (κ2) is 5.17. The number of ether oxygens (including phenoxy) is 1. The van der Waals surface area contributed by atoms with Gasteiger partial charge in [0.1, 0.15) is 0 Å². The second-order valence-corrected chi connectivity index (χ2v) is 5.48. The maximum atomic E-state index is 10.3. The third-order valence-corrected chi connectivity index (χ3v) is 3.76. The molecule has 0 fully saturated rings. The summed E-state index contributed by atoms with van der Waals surface area (Å²) in [5.41, 5.74) is 0.412. The fraction of sp³-hybridized carbons (Fsp3) is 0.429. The molecule has 1 unspecified atom stereocenters. The molecular formula is C14H18O2S. The number of thiophene rings is 1. The normalized spacial score (nSPS) is 15.0. The number of hydrogen-bond acceptors (Lipinski definition) is 3. The van der Waals surface area contributed by atoms with Gasteiger partial charge >= 0.3 is 0 Å². The Bertz CT molecular complexity index is 488. The highest BCUT2D eigenvalue weighted by atomic mass is 32.1. The summed E-state index contributed by atoms with van der Waals surface area (Å²) >= 11 is 1.73. The Morgan fingerprint density at radius 2 is 2.12 bits per heavy atom. The van der Waals surface area contributed by atoms with E-state index in [9.17, 15) is 5.11 Å². The van der Waals surface area contributed by atoms with Crippen molar-refractivity contribution in [2.24, 2.45) is 0 Å². The lowest BCUT2D eigenvalue weighted by molar-refractivity contribution is -0.0294. The van der Waals surface area contributed by atoms with Gasteiger partial charge in [-0.25, -0.2) is 0 Å². The molecular weight excluding hydrogens is 232 g/mol. The summed E-state index contributed by atoms with van der Waals surface area (Å²) in [5.74, 6) is 0. The van der Waals surface area contributed by atoms with E-state index in [4.69, 9.17) is 4.74 Å². The summed E-state index contributed by atoms with van der Waals surface area (Å²) in [6, 6.07) is 8.30. The van der Waals surface area contributed by atoms with Crippen LogP contribution in [0.25, 0.3) is 10.1 Å². The Labute approximate surface area is 106 Å². The number of aliphatic hydroxyl groups is 1. The molecule has 17 heavy (non-hydrogen) atoms. The highest BCUT2D eigenvalue weighted by Crippen LogP contribution is 2.28. The van der Waals surface area contributed by atoms with Gasteiger partial charge < -0.3 is 9.84 Å². The minimum atomic E-state index is -0.792. The number of hydrogen-bond donors (Lipinski definition) is 1. The van der Waals surface area contributed by atoms with Crippen LogP contribution in [0.2, 0.25) is 0 Å². The van der Waals surface area contributed by atoms with Crippen LogP contribution in [0.15, 0.2) is 29.6 Å². The molecule has 0 amide bonds. The van der Waals surface area contributed by atoms with Gasteiger partial charge in [0.25, 0.3) is 0 Å². The van der Waals surface area contributed by atoms with E-state index in [1.807, 2.05) is 26.0 Å². The zero-order chi connectivity index (χ0) is 12.3. The van der Waals surface area contributed by atoms with Crippen molar-refractivity contribution in [3.63, 3.8) is 0 Å². The fourth-order valence-electron chi connectivity index (χ4n) is 1.95. The monoisotopic (exact) mass is 250 g/mol. The molecule has 2 rings (SSSR count). The molecule has 0 aliphatic heterocycles. The van der Waals surface area contributed by atoms with E-state index in [0.717, 1.165) is 0 Å². The van der Waals surface area contributed by atoms with Crippen LogP contribution < -0.4 is 0 Å². The van der Waals surface area contributed by atoms with Crippen molar-refractivity contribution in [3.8, 4) is 0 Å². The molecule has 0 saturated heterocycles. The topological polar surface area (TPSA) is 29.5 Å². The predicted molar refractivity (Wildman–Crippen MR) is 72.6 cm³/mol.